The molecule has 0 aromatic carbocycles. The summed E-state index contributed by atoms with van der Waals surface area (Å²) in [5.74, 6) is -8.52. The summed E-state index contributed by atoms with van der Waals surface area (Å²) in [6.45, 7) is 11.1. The molecule has 1 rings (SSSR count). The van der Waals surface area contributed by atoms with Crippen LogP contribution in [0.3, 0.4) is 0 Å². The van der Waals surface area contributed by atoms with Crippen LogP contribution in [0.2, 0.25) is 0 Å². The molecule has 360 valence electrons. The quantitative estimate of drug-likeness (QED) is 0.0273. The summed E-state index contributed by atoms with van der Waals surface area (Å²) in [6, 6.07) is -8.97. The molecule has 0 saturated carbocycles. The Kier molecular flexibility index (Phi) is 26.1. The normalized spacial score (nSPS) is 24.7. The fraction of sp³-hybridized carbons (Fsp3) is 0.786. The molecule has 0 aliphatic carbocycles. The zero-order valence-corrected chi connectivity index (χ0v) is 38.2. The Morgan fingerprint density at radius 3 is 1.73 bits per heavy atom. The minimum Gasteiger partial charge on any atom is -0.458 e. The summed E-state index contributed by atoms with van der Waals surface area (Å²) in [7, 11) is 0. The number of cyclic esters (lactones) is 1. The predicted molar refractivity (Wildman–Crippen MR) is 235 cm³/mol. The van der Waals surface area contributed by atoms with Gasteiger partial charge in [0.25, 0.3) is 0 Å². The molecule has 0 radical (unpaired) electrons. The van der Waals surface area contributed by atoms with E-state index in [2.05, 4.69) is 36.9 Å². The van der Waals surface area contributed by atoms with E-state index in [-0.39, 0.29) is 12.4 Å². The van der Waals surface area contributed by atoms with Crippen LogP contribution < -0.4 is 49.1 Å². The second kappa shape index (κ2) is 29.3. The van der Waals surface area contributed by atoms with Crippen molar-refractivity contribution in [2.45, 2.75) is 193 Å². The van der Waals surface area contributed by atoms with E-state index in [1.165, 1.54) is 20.8 Å². The predicted octanol–water partition coefficient (Wildman–Crippen LogP) is -0.866. The van der Waals surface area contributed by atoms with Crippen molar-refractivity contribution in [3.8, 4) is 0 Å². The number of guanidine groups is 1. The number of aliphatic hydroxyl groups is 2. The number of aliphatic imine (C=N–C) groups is 1. The first kappa shape index (κ1) is 56.0. The Morgan fingerprint density at radius 2 is 1.21 bits per heavy atom. The Labute approximate surface area is 371 Å². The summed E-state index contributed by atoms with van der Waals surface area (Å²) >= 11 is 0. The second-order valence-corrected chi connectivity index (χ2v) is 17.0. The van der Waals surface area contributed by atoms with Crippen LogP contribution in [-0.2, 0) is 43.1 Å². The van der Waals surface area contributed by atoms with Gasteiger partial charge in [-0.1, -0.05) is 91.9 Å². The fourth-order valence-electron chi connectivity index (χ4n) is 6.83. The lowest BCUT2D eigenvalue weighted by Gasteiger charge is -2.31. The van der Waals surface area contributed by atoms with Crippen molar-refractivity contribution >= 4 is 53.3 Å². The summed E-state index contributed by atoms with van der Waals surface area (Å²) in [6.07, 6.45) is 5.69. The molecule has 1 heterocycles. The Morgan fingerprint density at radius 1 is 0.698 bits per heavy atom. The van der Waals surface area contributed by atoms with Crippen molar-refractivity contribution in [2.75, 3.05) is 6.54 Å². The summed E-state index contributed by atoms with van der Waals surface area (Å²) in [5, 5.41) is 36.0. The number of carbonyl (C=O) groups is 8. The third-order valence-electron chi connectivity index (χ3n) is 10.9. The van der Waals surface area contributed by atoms with Crippen LogP contribution in [0.25, 0.3) is 0 Å². The van der Waals surface area contributed by atoms with Crippen LogP contribution in [-0.4, -0.2) is 125 Å². The number of hydrogen-bond donors (Lipinski definition) is 11. The van der Waals surface area contributed by atoms with Crippen LogP contribution in [0, 0.1) is 11.8 Å². The van der Waals surface area contributed by atoms with Crippen LogP contribution in [0.4, 0.5) is 0 Å². The maximum atomic E-state index is 14.1. The van der Waals surface area contributed by atoms with E-state index in [9.17, 15) is 48.6 Å². The highest BCUT2D eigenvalue weighted by atomic mass is 16.5. The number of unbranched alkanes of at least 4 members (excludes halogenated alkanes) is 9. The van der Waals surface area contributed by atoms with Gasteiger partial charge in [-0.15, -0.1) is 0 Å². The van der Waals surface area contributed by atoms with E-state index in [4.69, 9.17) is 21.9 Å². The lowest BCUT2D eigenvalue weighted by atomic mass is 9.95. The molecule has 7 amide bonds. The van der Waals surface area contributed by atoms with E-state index in [0.717, 1.165) is 57.8 Å². The zero-order valence-electron chi connectivity index (χ0n) is 38.2. The molecule has 0 bridgehead atoms. The van der Waals surface area contributed by atoms with Crippen molar-refractivity contribution in [1.29, 1.82) is 0 Å². The molecule has 63 heavy (non-hydrogen) atoms. The van der Waals surface area contributed by atoms with Crippen molar-refractivity contribution in [3.63, 3.8) is 0 Å². The van der Waals surface area contributed by atoms with Gasteiger partial charge in [0.1, 0.15) is 42.4 Å². The highest BCUT2D eigenvalue weighted by molar-refractivity contribution is 5.98. The smallest absolute Gasteiger partial charge is 0.328 e. The molecule has 0 spiro atoms. The molecule has 21 heteroatoms. The average Bonchev–Trinajstić information content (AvgIpc) is 3.19. The van der Waals surface area contributed by atoms with Gasteiger partial charge in [-0.25, -0.2) is 4.79 Å². The van der Waals surface area contributed by atoms with Gasteiger partial charge in [0.05, 0.1) is 25.0 Å². The van der Waals surface area contributed by atoms with Gasteiger partial charge < -0.3 is 64.1 Å². The SMILES string of the molecule is CCC(C)C1NC(=O)C(NC(=O)CC(O)CCCCCCCCCCCCN=C(N)N)C(C)OC(=O)C(C)NC(=O)C(CC(N)=O)NC(=O)C(C(C)O)NC(=O)C(C(C)C)NC1=O. The topological polar surface area (TPSA) is 349 Å². The number of esters is 1. The third kappa shape index (κ3) is 21.7. The molecule has 1 saturated heterocycles. The fourth-order valence-corrected chi connectivity index (χ4v) is 6.83. The van der Waals surface area contributed by atoms with Crippen molar-refractivity contribution in [3.05, 3.63) is 0 Å². The lowest BCUT2D eigenvalue weighted by molar-refractivity contribution is -0.155. The van der Waals surface area contributed by atoms with Crippen molar-refractivity contribution in [2.24, 2.45) is 34.0 Å². The number of hydrogen-bond acceptors (Lipinski definition) is 12. The van der Waals surface area contributed by atoms with E-state index in [1.54, 1.807) is 27.7 Å². The van der Waals surface area contributed by atoms with Crippen molar-refractivity contribution < 1.29 is 53.3 Å². The van der Waals surface area contributed by atoms with Gasteiger partial charge >= 0.3 is 5.97 Å². The van der Waals surface area contributed by atoms with Gasteiger partial charge in [-0.05, 0) is 45.4 Å². The number of ether oxygens (including phenoxy) is 1. The molecular weight excluding hydrogens is 821 g/mol. The number of nitrogens with zero attached hydrogens (tertiary/aromatic N) is 1. The minimum atomic E-state index is -1.68. The van der Waals surface area contributed by atoms with E-state index >= 15 is 0 Å². The zero-order chi connectivity index (χ0) is 47.8. The number of nitrogens with one attached hydrogen (secondary N) is 6. The molecule has 10 atom stereocenters. The number of amides is 7. The highest BCUT2D eigenvalue weighted by Gasteiger charge is 2.39. The highest BCUT2D eigenvalue weighted by Crippen LogP contribution is 2.15. The van der Waals surface area contributed by atoms with Gasteiger partial charge in [0, 0.05) is 6.54 Å². The first-order valence-corrected chi connectivity index (χ1v) is 22.3. The molecule has 10 unspecified atom stereocenters. The molecule has 21 nitrogen and oxygen atoms in total. The molecule has 14 N–H and O–H groups in total. The standard InChI is InChI=1S/C42H76N10O11/c1-8-24(4)33-38(59)50-32(23(2)3)37(58)52-34(26(6)53)39(60)48-29(22-30(43)55)36(57)47-25(5)41(62)63-27(7)35(40(61)51-33)49-31(56)21-28(54)19-17-15-13-11-9-10-12-14-16-18-20-46-42(44)45/h23-29,32-35,53-54H,8-22H2,1-7H3,(H2,43,55)(H,47,57)(H,48,60)(H,49,56)(H,50,59)(H,51,61)(H,52,58)(H4,44,45,46). The van der Waals surface area contributed by atoms with Gasteiger partial charge in [0.2, 0.25) is 41.4 Å². The average molecular weight is 897 g/mol. The van der Waals surface area contributed by atoms with Gasteiger partial charge in [0.15, 0.2) is 5.96 Å². The lowest BCUT2D eigenvalue weighted by Crippen LogP contribution is -2.63. The number of rotatable bonds is 22. The number of carbonyl (C=O) groups excluding carboxylic acids is 8. The van der Waals surface area contributed by atoms with Crippen LogP contribution in [0.1, 0.15) is 138 Å². The third-order valence-corrected chi connectivity index (χ3v) is 10.9. The van der Waals surface area contributed by atoms with Gasteiger partial charge in [-0.3, -0.25) is 38.6 Å². The van der Waals surface area contributed by atoms with E-state index in [0.29, 0.717) is 25.8 Å². The Balaban J connectivity index is 3.24. The number of aliphatic hydroxyl groups excluding tert-OH is 2. The molecule has 1 aliphatic heterocycles. The number of nitrogens with two attached hydrogens (primary N) is 3. The maximum Gasteiger partial charge on any atom is 0.328 e. The molecule has 1 aliphatic rings. The maximum absolute atomic E-state index is 14.1. The summed E-state index contributed by atoms with van der Waals surface area (Å²) < 4.78 is 5.55. The van der Waals surface area contributed by atoms with E-state index in [1.807, 2.05) is 0 Å². The number of primary amides is 1. The largest absolute Gasteiger partial charge is 0.458 e. The molecule has 0 aromatic heterocycles. The van der Waals surface area contributed by atoms with Crippen LogP contribution in [0.5, 0.6) is 0 Å². The van der Waals surface area contributed by atoms with Crippen molar-refractivity contribution in [1.82, 2.24) is 31.9 Å². The minimum absolute atomic E-state index is 0.112. The first-order valence-electron chi connectivity index (χ1n) is 22.3. The summed E-state index contributed by atoms with van der Waals surface area (Å²) in [5.41, 5.74) is 16.0. The Hall–Kier alpha value is -5.05. The first-order chi connectivity index (χ1) is 29.6. The molecule has 0 aromatic rings. The van der Waals surface area contributed by atoms with Gasteiger partial charge in [-0.2, -0.15) is 0 Å². The van der Waals surface area contributed by atoms with Crippen LogP contribution >= 0.6 is 0 Å². The monoisotopic (exact) mass is 897 g/mol. The van der Waals surface area contributed by atoms with E-state index < -0.39 is 120 Å². The second-order valence-electron chi connectivity index (χ2n) is 17.0. The molecular formula is C42H76N10O11. The van der Waals surface area contributed by atoms with Crippen LogP contribution in [0.15, 0.2) is 4.99 Å². The molecule has 1 fully saturated rings. The summed E-state index contributed by atoms with van der Waals surface area (Å²) in [4.78, 5) is 111. The Bertz CT molecular complexity index is 1540.